The minimum absolute atomic E-state index is 0.131. The third-order valence-corrected chi connectivity index (χ3v) is 8.05. The van der Waals surface area contributed by atoms with Gasteiger partial charge in [-0.3, -0.25) is 14.5 Å². The van der Waals surface area contributed by atoms with Gasteiger partial charge in [-0.05, 0) is 62.2 Å². The number of carbonyl (C=O) groups excluding carboxylic acids is 2. The lowest BCUT2D eigenvalue weighted by molar-refractivity contribution is -0.145. The van der Waals surface area contributed by atoms with Crippen LogP contribution < -0.4 is 14.5 Å². The molecule has 2 aliphatic rings. The molecule has 0 radical (unpaired) electrons. The first kappa shape index (κ1) is 24.0. The van der Waals surface area contributed by atoms with Crippen LogP contribution in [0.3, 0.4) is 0 Å². The molecule has 1 spiro atoms. The zero-order chi connectivity index (χ0) is 26.7. The fourth-order valence-corrected chi connectivity index (χ4v) is 6.31. The van der Waals surface area contributed by atoms with Crippen molar-refractivity contribution in [3.63, 3.8) is 0 Å². The number of aryl methyl sites for hydroxylation is 2. The summed E-state index contributed by atoms with van der Waals surface area (Å²) in [5, 5.41) is 0. The molecule has 0 aromatic heterocycles. The Hall–Kier alpha value is -4.38. The summed E-state index contributed by atoms with van der Waals surface area (Å²) >= 11 is 0. The number of hydrogen-bond donors (Lipinski definition) is 0. The minimum atomic E-state index is -1.30. The Balaban J connectivity index is 1.70. The Morgan fingerprint density at radius 1 is 0.711 bits per heavy atom. The lowest BCUT2D eigenvalue weighted by Crippen LogP contribution is -2.81. The van der Waals surface area contributed by atoms with Gasteiger partial charge in [-0.15, -0.1) is 0 Å². The number of para-hydroxylation sites is 1. The molecule has 0 aliphatic carbocycles. The second kappa shape index (κ2) is 8.59. The molecule has 1 saturated heterocycles. The molecule has 1 unspecified atom stereocenters. The van der Waals surface area contributed by atoms with Crippen LogP contribution in [0.1, 0.15) is 34.7 Å². The summed E-state index contributed by atoms with van der Waals surface area (Å²) in [6, 6.07) is 31.3. The topological polar surface area (TPSA) is 49.9 Å². The van der Waals surface area contributed by atoms with Crippen LogP contribution in [0, 0.1) is 13.8 Å². The molecule has 0 saturated carbocycles. The first-order chi connectivity index (χ1) is 18.4. The molecule has 38 heavy (non-hydrogen) atoms. The highest BCUT2D eigenvalue weighted by Crippen LogP contribution is 2.65. The molecule has 1 atom stereocenters. The van der Waals surface area contributed by atoms with Crippen LogP contribution in [0.15, 0.2) is 97.1 Å². The molecule has 2 amide bonds. The van der Waals surface area contributed by atoms with E-state index < -0.39 is 11.0 Å². The van der Waals surface area contributed by atoms with Gasteiger partial charge in [-0.25, -0.2) is 0 Å². The molecular weight excluding hydrogens is 472 g/mol. The van der Waals surface area contributed by atoms with Crippen molar-refractivity contribution in [2.24, 2.45) is 0 Å². The smallest absolute Gasteiger partial charge is 0.259 e. The number of fused-ring (bicyclic) bond motifs is 2. The predicted octanol–water partition coefficient (Wildman–Crippen LogP) is 5.91. The zero-order valence-corrected chi connectivity index (χ0v) is 22.1. The molecule has 4 aromatic carbocycles. The van der Waals surface area contributed by atoms with E-state index in [0.29, 0.717) is 12.3 Å². The fraction of sp³-hybridized carbons (Fsp3) is 0.212. The summed E-state index contributed by atoms with van der Waals surface area (Å²) in [6.45, 7) is 6.53. The number of β-lactam (4-membered cyclic amide) rings is 1. The number of hydrogen-bond acceptors (Lipinski definition) is 3. The van der Waals surface area contributed by atoms with Gasteiger partial charge in [0.15, 0.2) is 5.54 Å². The Bertz CT molecular complexity index is 1500. The fourth-order valence-electron chi connectivity index (χ4n) is 6.31. The molecule has 0 bridgehead atoms. The molecule has 2 heterocycles. The number of likely N-dealkylation sites (N-methyl/N-ethyl adjacent to an activating group) is 1. The van der Waals surface area contributed by atoms with Gasteiger partial charge < -0.3 is 9.64 Å². The number of benzene rings is 4. The van der Waals surface area contributed by atoms with Crippen LogP contribution in [-0.4, -0.2) is 25.5 Å². The maximum absolute atomic E-state index is 14.8. The van der Waals surface area contributed by atoms with Crippen molar-refractivity contribution in [2.75, 3.05) is 23.5 Å². The van der Waals surface area contributed by atoms with Crippen molar-refractivity contribution >= 4 is 23.2 Å². The SMILES string of the molecule is CCOc1ccc(N2C(=O)C(c3ccc(C)cc3)(c3ccc(C)cc3)C23C(=O)N(C)c2ccccc23)cc1. The number of amides is 2. The second-order valence-electron chi connectivity index (χ2n) is 10.1. The van der Waals surface area contributed by atoms with Crippen LogP contribution in [0.25, 0.3) is 0 Å². The summed E-state index contributed by atoms with van der Waals surface area (Å²) in [4.78, 5) is 32.9. The third-order valence-electron chi connectivity index (χ3n) is 8.05. The van der Waals surface area contributed by atoms with Crippen molar-refractivity contribution in [1.82, 2.24) is 0 Å². The van der Waals surface area contributed by atoms with E-state index in [1.165, 1.54) is 0 Å². The van der Waals surface area contributed by atoms with Gasteiger partial charge >= 0.3 is 0 Å². The molecule has 190 valence electrons. The van der Waals surface area contributed by atoms with Crippen molar-refractivity contribution in [3.05, 3.63) is 125 Å². The van der Waals surface area contributed by atoms with E-state index >= 15 is 0 Å². The third kappa shape index (κ3) is 2.93. The predicted molar refractivity (Wildman–Crippen MR) is 150 cm³/mol. The molecule has 6 rings (SSSR count). The Morgan fingerprint density at radius 2 is 1.26 bits per heavy atom. The van der Waals surface area contributed by atoms with E-state index in [2.05, 4.69) is 0 Å². The zero-order valence-electron chi connectivity index (χ0n) is 22.1. The summed E-state index contributed by atoms with van der Waals surface area (Å²) in [5.74, 6) is 0.457. The average molecular weight is 503 g/mol. The van der Waals surface area contributed by atoms with Crippen molar-refractivity contribution in [2.45, 2.75) is 31.7 Å². The summed E-state index contributed by atoms with van der Waals surface area (Å²) < 4.78 is 5.65. The molecule has 4 aromatic rings. The molecule has 5 heteroatoms. The van der Waals surface area contributed by atoms with Gasteiger partial charge in [0.25, 0.3) is 5.91 Å². The van der Waals surface area contributed by atoms with Gasteiger partial charge in [-0.2, -0.15) is 0 Å². The van der Waals surface area contributed by atoms with E-state index in [4.69, 9.17) is 4.74 Å². The Labute approximate surface area is 223 Å². The number of nitrogens with zero attached hydrogens (tertiary/aromatic N) is 2. The van der Waals surface area contributed by atoms with Gasteiger partial charge in [0.2, 0.25) is 5.91 Å². The number of rotatable bonds is 5. The van der Waals surface area contributed by atoms with E-state index in [0.717, 1.165) is 39.3 Å². The molecule has 5 nitrogen and oxygen atoms in total. The largest absolute Gasteiger partial charge is 0.494 e. The van der Waals surface area contributed by atoms with Crippen LogP contribution in [-0.2, 0) is 20.5 Å². The van der Waals surface area contributed by atoms with Gasteiger partial charge in [0, 0.05) is 24.0 Å². The Morgan fingerprint density at radius 3 is 1.82 bits per heavy atom. The van der Waals surface area contributed by atoms with Gasteiger partial charge in [0.1, 0.15) is 11.2 Å². The average Bonchev–Trinajstić information content (AvgIpc) is 3.16. The maximum atomic E-state index is 14.8. The van der Waals surface area contributed by atoms with Crippen molar-refractivity contribution < 1.29 is 14.3 Å². The Kier molecular flexibility index (Phi) is 5.42. The monoisotopic (exact) mass is 502 g/mol. The molecule has 0 N–H and O–H groups in total. The second-order valence-corrected chi connectivity index (χ2v) is 10.1. The highest BCUT2D eigenvalue weighted by molar-refractivity contribution is 6.28. The van der Waals surface area contributed by atoms with Gasteiger partial charge in [0.05, 0.1) is 6.61 Å². The van der Waals surface area contributed by atoms with Crippen LogP contribution in [0.2, 0.25) is 0 Å². The van der Waals surface area contributed by atoms with Crippen LogP contribution in [0.5, 0.6) is 5.75 Å². The number of anilines is 2. The summed E-state index contributed by atoms with van der Waals surface area (Å²) in [5.41, 5.74) is 3.53. The first-order valence-electron chi connectivity index (χ1n) is 13.0. The lowest BCUT2D eigenvalue weighted by Gasteiger charge is -2.62. The number of ether oxygens (including phenoxy) is 1. The molecular formula is C33H30N2O3. The lowest BCUT2D eigenvalue weighted by atomic mass is 9.51. The maximum Gasteiger partial charge on any atom is 0.259 e. The molecule has 1 fully saturated rings. The minimum Gasteiger partial charge on any atom is -0.494 e. The first-order valence-corrected chi connectivity index (χ1v) is 13.0. The normalized spacial score (nSPS) is 19.5. The number of carbonyl (C=O) groups is 2. The van der Waals surface area contributed by atoms with E-state index in [1.807, 2.05) is 118 Å². The van der Waals surface area contributed by atoms with E-state index in [1.54, 1.807) is 16.8 Å². The van der Waals surface area contributed by atoms with Crippen LogP contribution >= 0.6 is 0 Å². The highest BCUT2D eigenvalue weighted by Gasteiger charge is 2.80. The summed E-state index contributed by atoms with van der Waals surface area (Å²) in [7, 11) is 1.80. The summed E-state index contributed by atoms with van der Waals surface area (Å²) in [6.07, 6.45) is 0. The quantitative estimate of drug-likeness (QED) is 0.319. The van der Waals surface area contributed by atoms with Crippen molar-refractivity contribution in [1.29, 1.82) is 0 Å². The van der Waals surface area contributed by atoms with Gasteiger partial charge in [-0.1, -0.05) is 77.9 Å². The van der Waals surface area contributed by atoms with Crippen molar-refractivity contribution in [3.8, 4) is 5.75 Å². The standard InChI is InChI=1S/C33H30N2O3/c1-5-38-27-20-18-26(19-21-27)35-30(36)32(24-14-10-22(2)11-15-24,25-16-12-23(3)13-17-25)33(35)28-8-6-7-9-29(28)34(4)31(33)37/h6-21H,5H2,1-4H3. The molecule has 2 aliphatic heterocycles. The highest BCUT2D eigenvalue weighted by atomic mass is 16.5. The van der Waals surface area contributed by atoms with E-state index in [-0.39, 0.29) is 11.8 Å². The van der Waals surface area contributed by atoms with E-state index in [9.17, 15) is 9.59 Å². The van der Waals surface area contributed by atoms with Crippen LogP contribution in [0.4, 0.5) is 11.4 Å².